The van der Waals surface area contributed by atoms with Crippen LogP contribution in [0.4, 0.5) is 0 Å². The molecule has 1 aromatic heterocycles. The fourth-order valence-electron chi connectivity index (χ4n) is 2.92. The molecule has 0 atom stereocenters. The van der Waals surface area contributed by atoms with Crippen LogP contribution in [0.25, 0.3) is 0 Å². The average Bonchev–Trinajstić information content (AvgIpc) is 2.67. The van der Waals surface area contributed by atoms with Gasteiger partial charge in [0.05, 0.1) is 31.7 Å². The number of amides is 1. The Morgan fingerprint density at radius 3 is 2.64 bits per heavy atom. The smallest absolute Gasteiger partial charge is 0.274 e. The van der Waals surface area contributed by atoms with Gasteiger partial charge in [-0.3, -0.25) is 9.78 Å². The Hall–Kier alpha value is -2.47. The second kappa shape index (κ2) is 8.07. The third kappa shape index (κ3) is 4.33. The molecule has 1 aliphatic rings. The maximum atomic E-state index is 12.4. The summed E-state index contributed by atoms with van der Waals surface area (Å²) in [6, 6.07) is 7.86. The van der Waals surface area contributed by atoms with Crippen molar-refractivity contribution in [2.24, 2.45) is 0 Å². The first-order chi connectivity index (χ1) is 12.2. The van der Waals surface area contributed by atoms with Crippen LogP contribution in [0.2, 0.25) is 0 Å². The van der Waals surface area contributed by atoms with E-state index in [1.165, 1.54) is 0 Å². The fourth-order valence-corrected chi connectivity index (χ4v) is 2.92. The van der Waals surface area contributed by atoms with Crippen LogP contribution in [0.15, 0.2) is 36.7 Å². The number of methoxy groups -OCH3 is 1. The number of carbonyl (C=O) groups is 1. The van der Waals surface area contributed by atoms with Crippen molar-refractivity contribution in [3.8, 4) is 5.75 Å². The molecular weight excluding hydrogens is 318 g/mol. The van der Waals surface area contributed by atoms with Crippen molar-refractivity contribution in [3.05, 3.63) is 53.6 Å². The van der Waals surface area contributed by atoms with Gasteiger partial charge < -0.3 is 14.4 Å². The molecule has 0 bridgehead atoms. The molecule has 1 fully saturated rings. The van der Waals surface area contributed by atoms with Gasteiger partial charge in [0.15, 0.2) is 0 Å². The third-order valence-corrected chi connectivity index (χ3v) is 4.40. The van der Waals surface area contributed by atoms with Gasteiger partial charge in [0.2, 0.25) is 0 Å². The van der Waals surface area contributed by atoms with Crippen LogP contribution >= 0.6 is 0 Å². The molecule has 1 saturated heterocycles. The zero-order valence-electron chi connectivity index (χ0n) is 14.6. The lowest BCUT2D eigenvalue weighted by atomic mass is 10.1. The molecule has 0 N–H and O–H groups in total. The van der Waals surface area contributed by atoms with Crippen LogP contribution in [-0.4, -0.2) is 47.1 Å². The second-order valence-electron chi connectivity index (χ2n) is 6.16. The lowest BCUT2D eigenvalue weighted by Crippen LogP contribution is -2.41. The van der Waals surface area contributed by atoms with E-state index in [9.17, 15) is 4.79 Å². The minimum Gasteiger partial charge on any atom is -0.496 e. The highest BCUT2D eigenvalue weighted by Crippen LogP contribution is 2.21. The van der Waals surface area contributed by atoms with Gasteiger partial charge in [0.1, 0.15) is 11.4 Å². The topological polar surface area (TPSA) is 64.6 Å². The minimum atomic E-state index is -0.0596. The standard InChI is InChI=1S/C19H23N3O3/c1-14-11-21-17(12-20-14)19(23)22-9-7-16(8-10-22)25-13-15-5-3-4-6-18(15)24-2/h3-6,11-12,16H,7-10,13H2,1-2H3. The molecule has 6 heteroatoms. The maximum absolute atomic E-state index is 12.4. The molecule has 6 nitrogen and oxygen atoms in total. The predicted molar refractivity (Wildman–Crippen MR) is 93.5 cm³/mol. The number of hydrogen-bond donors (Lipinski definition) is 0. The van der Waals surface area contributed by atoms with Crippen LogP contribution in [0.1, 0.15) is 34.6 Å². The van der Waals surface area contributed by atoms with E-state index in [2.05, 4.69) is 9.97 Å². The van der Waals surface area contributed by atoms with Gasteiger partial charge in [-0.1, -0.05) is 18.2 Å². The number of likely N-dealkylation sites (tertiary alicyclic amines) is 1. The highest BCUT2D eigenvalue weighted by atomic mass is 16.5. The Kier molecular flexibility index (Phi) is 5.60. The Bertz CT molecular complexity index is 710. The summed E-state index contributed by atoms with van der Waals surface area (Å²) in [6.45, 7) is 3.72. The quantitative estimate of drug-likeness (QED) is 0.836. The summed E-state index contributed by atoms with van der Waals surface area (Å²) in [5.74, 6) is 0.781. The lowest BCUT2D eigenvalue weighted by molar-refractivity contribution is -0.00110. The predicted octanol–water partition coefficient (Wildman–Crippen LogP) is 2.62. The van der Waals surface area contributed by atoms with Crippen molar-refractivity contribution in [2.75, 3.05) is 20.2 Å². The van der Waals surface area contributed by atoms with E-state index in [0.717, 1.165) is 29.8 Å². The number of hydrogen-bond acceptors (Lipinski definition) is 5. The Morgan fingerprint density at radius 1 is 1.20 bits per heavy atom. The van der Waals surface area contributed by atoms with Gasteiger partial charge in [-0.25, -0.2) is 4.98 Å². The highest BCUT2D eigenvalue weighted by molar-refractivity contribution is 5.92. The van der Waals surface area contributed by atoms with E-state index < -0.39 is 0 Å². The summed E-state index contributed by atoms with van der Waals surface area (Å²) in [7, 11) is 1.66. The summed E-state index contributed by atoms with van der Waals surface area (Å²) < 4.78 is 11.4. The van der Waals surface area contributed by atoms with Crippen molar-refractivity contribution in [1.82, 2.24) is 14.9 Å². The number of carbonyl (C=O) groups excluding carboxylic acids is 1. The molecule has 0 radical (unpaired) electrons. The molecule has 1 aromatic carbocycles. The first-order valence-corrected chi connectivity index (χ1v) is 8.49. The molecule has 0 saturated carbocycles. The van der Waals surface area contributed by atoms with Crippen molar-refractivity contribution >= 4 is 5.91 Å². The van der Waals surface area contributed by atoms with E-state index in [1.54, 1.807) is 19.5 Å². The van der Waals surface area contributed by atoms with Gasteiger partial charge in [-0.2, -0.15) is 0 Å². The molecule has 25 heavy (non-hydrogen) atoms. The van der Waals surface area contributed by atoms with E-state index in [1.807, 2.05) is 36.1 Å². The molecule has 2 aromatic rings. The Labute approximate surface area is 147 Å². The fraction of sp³-hybridized carbons (Fsp3) is 0.421. The number of rotatable bonds is 5. The summed E-state index contributed by atoms with van der Waals surface area (Å²) in [5.41, 5.74) is 2.25. The summed E-state index contributed by atoms with van der Waals surface area (Å²) in [5, 5.41) is 0. The van der Waals surface area contributed by atoms with Crippen LogP contribution in [0.3, 0.4) is 0 Å². The highest BCUT2D eigenvalue weighted by Gasteiger charge is 2.25. The zero-order chi connectivity index (χ0) is 17.6. The number of piperidine rings is 1. The molecule has 0 spiro atoms. The molecule has 0 aliphatic carbocycles. The minimum absolute atomic E-state index is 0.0596. The monoisotopic (exact) mass is 341 g/mol. The van der Waals surface area contributed by atoms with Crippen LogP contribution < -0.4 is 4.74 Å². The van der Waals surface area contributed by atoms with Crippen molar-refractivity contribution in [3.63, 3.8) is 0 Å². The van der Waals surface area contributed by atoms with Crippen LogP contribution in [0, 0.1) is 6.92 Å². The van der Waals surface area contributed by atoms with E-state index in [0.29, 0.717) is 25.4 Å². The molecule has 1 aliphatic heterocycles. The number of aromatic nitrogens is 2. The summed E-state index contributed by atoms with van der Waals surface area (Å²) in [4.78, 5) is 22.6. The number of ether oxygens (including phenoxy) is 2. The molecular formula is C19H23N3O3. The van der Waals surface area contributed by atoms with E-state index >= 15 is 0 Å². The van der Waals surface area contributed by atoms with Gasteiger partial charge in [-0.05, 0) is 25.8 Å². The lowest BCUT2D eigenvalue weighted by Gasteiger charge is -2.31. The zero-order valence-corrected chi connectivity index (χ0v) is 14.6. The first kappa shape index (κ1) is 17.4. The SMILES string of the molecule is COc1ccccc1COC1CCN(C(=O)c2cnc(C)cn2)CC1. The van der Waals surface area contributed by atoms with E-state index in [-0.39, 0.29) is 12.0 Å². The molecule has 132 valence electrons. The van der Waals surface area contributed by atoms with Crippen LogP contribution in [0.5, 0.6) is 5.75 Å². The van der Waals surface area contributed by atoms with Gasteiger partial charge in [0, 0.05) is 24.8 Å². The van der Waals surface area contributed by atoms with Crippen molar-refractivity contribution in [2.45, 2.75) is 32.5 Å². The van der Waals surface area contributed by atoms with Crippen molar-refractivity contribution in [1.29, 1.82) is 0 Å². The first-order valence-electron chi connectivity index (χ1n) is 8.49. The van der Waals surface area contributed by atoms with Crippen LogP contribution in [-0.2, 0) is 11.3 Å². The summed E-state index contributed by atoms with van der Waals surface area (Å²) in [6.07, 6.45) is 4.96. The average molecular weight is 341 g/mol. The second-order valence-corrected chi connectivity index (χ2v) is 6.16. The Morgan fingerprint density at radius 2 is 1.96 bits per heavy atom. The normalized spacial score (nSPS) is 15.2. The number of para-hydroxylation sites is 1. The van der Waals surface area contributed by atoms with Gasteiger partial charge >= 0.3 is 0 Å². The largest absolute Gasteiger partial charge is 0.496 e. The molecule has 1 amide bonds. The Balaban J connectivity index is 1.50. The van der Waals surface area contributed by atoms with E-state index in [4.69, 9.17) is 9.47 Å². The van der Waals surface area contributed by atoms with Gasteiger partial charge in [0.25, 0.3) is 5.91 Å². The molecule has 2 heterocycles. The number of aryl methyl sites for hydroxylation is 1. The maximum Gasteiger partial charge on any atom is 0.274 e. The van der Waals surface area contributed by atoms with Gasteiger partial charge in [-0.15, -0.1) is 0 Å². The number of nitrogens with zero attached hydrogens (tertiary/aromatic N) is 3. The number of benzene rings is 1. The summed E-state index contributed by atoms with van der Waals surface area (Å²) >= 11 is 0. The molecule has 0 unspecified atom stereocenters. The molecule has 3 rings (SSSR count). The third-order valence-electron chi connectivity index (χ3n) is 4.40. The van der Waals surface area contributed by atoms with Crippen molar-refractivity contribution < 1.29 is 14.3 Å².